The lowest BCUT2D eigenvalue weighted by atomic mass is 10.1. The number of rotatable bonds is 6. The Kier molecular flexibility index (Phi) is 4.97. The molecule has 0 fully saturated rings. The molecule has 0 heterocycles. The van der Waals surface area contributed by atoms with Gasteiger partial charge in [-0.15, -0.1) is 0 Å². The van der Waals surface area contributed by atoms with Gasteiger partial charge in [-0.25, -0.2) is 12.8 Å². The molecule has 0 aliphatic rings. The van der Waals surface area contributed by atoms with Crippen LogP contribution < -0.4 is 4.72 Å². The van der Waals surface area contributed by atoms with Gasteiger partial charge in [0.2, 0.25) is 10.0 Å². The molecule has 0 unspecified atom stereocenters. The summed E-state index contributed by atoms with van der Waals surface area (Å²) in [5.41, 5.74) is 0.506. The molecule has 0 aliphatic heterocycles. The number of hydrogen-bond acceptors (Lipinski definition) is 4. The van der Waals surface area contributed by atoms with Crippen LogP contribution in [0.2, 0.25) is 0 Å². The maximum Gasteiger partial charge on any atom is 0.322 e. The number of aliphatic carboxylic acids is 1. The minimum Gasteiger partial charge on any atom is -0.508 e. The fourth-order valence-electron chi connectivity index (χ4n) is 1.96. The number of halogens is 1. The maximum atomic E-state index is 13.6. The van der Waals surface area contributed by atoms with E-state index in [1.165, 1.54) is 36.4 Å². The summed E-state index contributed by atoms with van der Waals surface area (Å²) in [6, 6.07) is 8.91. The smallest absolute Gasteiger partial charge is 0.322 e. The van der Waals surface area contributed by atoms with Crippen LogP contribution in [0.15, 0.2) is 53.4 Å². The molecule has 1 atom stereocenters. The zero-order valence-corrected chi connectivity index (χ0v) is 12.6. The molecule has 0 saturated carbocycles. The average molecular weight is 339 g/mol. The zero-order valence-electron chi connectivity index (χ0n) is 11.8. The van der Waals surface area contributed by atoms with E-state index in [4.69, 9.17) is 0 Å². The highest BCUT2D eigenvalue weighted by atomic mass is 32.2. The molecule has 0 spiro atoms. The van der Waals surface area contributed by atoms with E-state index in [0.29, 0.717) is 5.56 Å². The summed E-state index contributed by atoms with van der Waals surface area (Å²) in [5.74, 6) is -2.35. The Morgan fingerprint density at radius 2 is 1.74 bits per heavy atom. The predicted octanol–water partition coefficient (Wildman–Crippen LogP) is 1.51. The summed E-state index contributed by atoms with van der Waals surface area (Å²) in [6.07, 6.45) is -0.150. The minimum atomic E-state index is -4.32. The second kappa shape index (κ2) is 6.76. The van der Waals surface area contributed by atoms with Crippen LogP contribution in [0.4, 0.5) is 4.39 Å². The van der Waals surface area contributed by atoms with Gasteiger partial charge < -0.3 is 10.2 Å². The van der Waals surface area contributed by atoms with Gasteiger partial charge in [-0.1, -0.05) is 24.3 Å². The topological polar surface area (TPSA) is 104 Å². The van der Waals surface area contributed by atoms with Gasteiger partial charge in [0.1, 0.15) is 22.5 Å². The number of phenolic OH excluding ortho intramolecular Hbond substituents is 1. The second-order valence-electron chi connectivity index (χ2n) is 4.81. The molecule has 6 nitrogen and oxygen atoms in total. The van der Waals surface area contributed by atoms with Crippen molar-refractivity contribution in [1.82, 2.24) is 4.72 Å². The van der Waals surface area contributed by atoms with Crippen molar-refractivity contribution < 1.29 is 27.8 Å². The van der Waals surface area contributed by atoms with Crippen LogP contribution in [-0.2, 0) is 21.2 Å². The monoisotopic (exact) mass is 339 g/mol. The van der Waals surface area contributed by atoms with Crippen LogP contribution in [0, 0.1) is 5.82 Å². The van der Waals surface area contributed by atoms with Crippen LogP contribution in [-0.4, -0.2) is 30.6 Å². The third-order valence-electron chi connectivity index (χ3n) is 3.10. The first-order chi connectivity index (χ1) is 10.8. The van der Waals surface area contributed by atoms with Gasteiger partial charge in [0.05, 0.1) is 0 Å². The van der Waals surface area contributed by atoms with Crippen molar-refractivity contribution in [2.45, 2.75) is 17.4 Å². The number of sulfonamides is 1. The van der Waals surface area contributed by atoms with Crippen molar-refractivity contribution in [2.24, 2.45) is 0 Å². The Bertz CT molecular complexity index is 805. The molecule has 0 bridgehead atoms. The maximum absolute atomic E-state index is 13.6. The molecule has 0 saturated heterocycles. The van der Waals surface area contributed by atoms with Crippen molar-refractivity contribution in [1.29, 1.82) is 0 Å². The van der Waals surface area contributed by atoms with Crippen molar-refractivity contribution in [3.63, 3.8) is 0 Å². The number of phenols is 1. The highest BCUT2D eigenvalue weighted by Crippen LogP contribution is 2.16. The first-order valence-corrected chi connectivity index (χ1v) is 8.05. The van der Waals surface area contributed by atoms with Crippen molar-refractivity contribution in [2.75, 3.05) is 0 Å². The van der Waals surface area contributed by atoms with Gasteiger partial charge >= 0.3 is 5.97 Å². The molecule has 3 N–H and O–H groups in total. The summed E-state index contributed by atoms with van der Waals surface area (Å²) < 4.78 is 39.9. The molecular formula is C15H14FNO5S. The number of benzene rings is 2. The number of aromatic hydroxyl groups is 1. The van der Waals surface area contributed by atoms with E-state index in [9.17, 15) is 27.8 Å². The van der Waals surface area contributed by atoms with Gasteiger partial charge in [-0.2, -0.15) is 4.72 Å². The molecule has 2 rings (SSSR count). The molecule has 2 aromatic carbocycles. The lowest BCUT2D eigenvalue weighted by molar-refractivity contribution is -0.138. The van der Waals surface area contributed by atoms with E-state index in [1.807, 2.05) is 4.72 Å². The van der Waals surface area contributed by atoms with Gasteiger partial charge in [-0.05, 0) is 36.2 Å². The standard InChI is InChI=1S/C15H14FNO5S/c16-12-3-1-2-4-14(12)23(21,22)17-13(15(19)20)9-10-5-7-11(18)8-6-10/h1-8,13,17-18H,9H2,(H,19,20)/t13-/m1/s1. The number of hydrogen-bond donors (Lipinski definition) is 3. The summed E-state index contributed by atoms with van der Waals surface area (Å²) in [6.45, 7) is 0. The van der Waals surface area contributed by atoms with Gasteiger partial charge in [-0.3, -0.25) is 4.79 Å². The highest BCUT2D eigenvalue weighted by molar-refractivity contribution is 7.89. The van der Waals surface area contributed by atoms with Crippen LogP contribution >= 0.6 is 0 Å². The normalized spacial score (nSPS) is 12.7. The van der Waals surface area contributed by atoms with Gasteiger partial charge in [0.15, 0.2) is 0 Å². The summed E-state index contributed by atoms with van der Waals surface area (Å²) in [7, 11) is -4.32. The van der Waals surface area contributed by atoms with E-state index >= 15 is 0 Å². The Labute approximate surface area is 132 Å². The molecule has 0 aliphatic carbocycles. The number of carbonyl (C=O) groups is 1. The molecule has 0 aromatic heterocycles. The van der Waals surface area contributed by atoms with E-state index in [0.717, 1.165) is 12.1 Å². The number of carboxylic acid groups (broad SMARTS) is 1. The summed E-state index contributed by atoms with van der Waals surface area (Å²) in [4.78, 5) is 10.7. The molecule has 23 heavy (non-hydrogen) atoms. The summed E-state index contributed by atoms with van der Waals surface area (Å²) in [5, 5.41) is 18.4. The molecule has 2 aromatic rings. The van der Waals surface area contributed by atoms with Crippen molar-refractivity contribution in [3.05, 3.63) is 59.9 Å². The Balaban J connectivity index is 2.24. The fraction of sp³-hybridized carbons (Fsp3) is 0.133. The zero-order chi connectivity index (χ0) is 17.0. The van der Waals surface area contributed by atoms with E-state index in [-0.39, 0.29) is 12.2 Å². The van der Waals surface area contributed by atoms with E-state index in [2.05, 4.69) is 0 Å². The van der Waals surface area contributed by atoms with Gasteiger partial charge in [0, 0.05) is 0 Å². The quantitative estimate of drug-likeness (QED) is 0.740. The van der Waals surface area contributed by atoms with Gasteiger partial charge in [0.25, 0.3) is 0 Å². The second-order valence-corrected chi connectivity index (χ2v) is 6.50. The Hall–Kier alpha value is -2.45. The van der Waals surface area contributed by atoms with E-state index < -0.39 is 32.7 Å². The molecule has 122 valence electrons. The average Bonchev–Trinajstić information content (AvgIpc) is 2.48. The van der Waals surface area contributed by atoms with Crippen molar-refractivity contribution >= 4 is 16.0 Å². The van der Waals surface area contributed by atoms with Crippen LogP contribution in [0.25, 0.3) is 0 Å². The third-order valence-corrected chi connectivity index (χ3v) is 4.60. The van der Waals surface area contributed by atoms with Crippen molar-refractivity contribution in [3.8, 4) is 5.75 Å². The molecule has 8 heteroatoms. The molecule has 0 amide bonds. The highest BCUT2D eigenvalue weighted by Gasteiger charge is 2.27. The third kappa shape index (κ3) is 4.27. The Morgan fingerprint density at radius 3 is 2.30 bits per heavy atom. The largest absolute Gasteiger partial charge is 0.508 e. The number of nitrogens with one attached hydrogen (secondary N) is 1. The molecule has 0 radical (unpaired) electrons. The van der Waals surface area contributed by atoms with Crippen LogP contribution in [0.3, 0.4) is 0 Å². The predicted molar refractivity (Wildman–Crippen MR) is 80.0 cm³/mol. The summed E-state index contributed by atoms with van der Waals surface area (Å²) >= 11 is 0. The first kappa shape index (κ1) is 16.9. The van der Waals surface area contributed by atoms with Crippen LogP contribution in [0.1, 0.15) is 5.56 Å². The lowest BCUT2D eigenvalue weighted by Crippen LogP contribution is -2.42. The fourth-order valence-corrected chi connectivity index (χ4v) is 3.23. The minimum absolute atomic E-state index is 0.00700. The number of carboxylic acids is 1. The Morgan fingerprint density at radius 1 is 1.13 bits per heavy atom. The molecular weight excluding hydrogens is 325 g/mol. The van der Waals surface area contributed by atoms with Crippen LogP contribution in [0.5, 0.6) is 5.75 Å². The lowest BCUT2D eigenvalue weighted by Gasteiger charge is -2.15. The SMILES string of the molecule is O=C(O)[C@@H](Cc1ccc(O)cc1)NS(=O)(=O)c1ccccc1F. The van der Waals surface area contributed by atoms with E-state index in [1.54, 1.807) is 0 Å². The first-order valence-electron chi connectivity index (χ1n) is 6.57.